The number of nitrogens with zero attached hydrogens (tertiary/aromatic N) is 2. The van der Waals surface area contributed by atoms with E-state index in [0.717, 1.165) is 73.5 Å². The molecule has 4 heteroatoms. The molecule has 0 radical (unpaired) electrons. The van der Waals surface area contributed by atoms with E-state index in [1.807, 2.05) is 0 Å². The Morgan fingerprint density at radius 3 is 1.12 bits per heavy atom. The third-order valence-electron chi connectivity index (χ3n) is 25.2. The van der Waals surface area contributed by atoms with Gasteiger partial charge in [0.2, 0.25) is 0 Å². The summed E-state index contributed by atoms with van der Waals surface area (Å²) in [6.07, 6.45) is 8.77. The first kappa shape index (κ1) is 46.6. The van der Waals surface area contributed by atoms with Crippen LogP contribution in [-0.4, -0.2) is 16.0 Å². The van der Waals surface area contributed by atoms with Gasteiger partial charge < -0.3 is 9.30 Å². The molecule has 10 aliphatic rings. The highest BCUT2D eigenvalue weighted by Crippen LogP contribution is 2.77. The SMILES string of the molecule is O=C1c2cc3c(cc2C2c4ccccc4C24c2ccccc2C14)c1c2c4c(c5c6cc7c(cc6n3c15)C(=O)C1c3ccccc3C13c1ccccc1C73)C1(CCCC1)c1cc(-c3ccccc3)ccc1N4c1ccc(-c3ccccc3)cc1C21CCCC1. The molecule has 6 atom stereocenters. The molecule has 4 spiro atoms. The highest BCUT2D eigenvalue weighted by molar-refractivity contribution is 6.31. The highest BCUT2D eigenvalue weighted by atomic mass is 16.1. The van der Waals surface area contributed by atoms with Crippen LogP contribution in [0.5, 0.6) is 0 Å². The molecule has 4 nitrogen and oxygen atoms in total. The number of benzene rings is 11. The van der Waals surface area contributed by atoms with Crippen LogP contribution in [-0.2, 0) is 21.7 Å². The third kappa shape index (κ3) is 4.74. The molecule has 0 N–H and O–H groups in total. The molecule has 4 heterocycles. The Kier molecular flexibility index (Phi) is 8.03. The minimum atomic E-state index is -0.395. The number of fused-ring (bicyclic) bond motifs is 28. The summed E-state index contributed by atoms with van der Waals surface area (Å²) in [6, 6.07) is 82.7. The van der Waals surface area contributed by atoms with Crippen molar-refractivity contribution < 1.29 is 9.59 Å². The molecule has 0 amide bonds. The van der Waals surface area contributed by atoms with E-state index in [1.54, 1.807) is 0 Å². The van der Waals surface area contributed by atoms with Gasteiger partial charge in [-0.2, -0.15) is 0 Å². The molecule has 2 saturated carbocycles. The molecule has 0 bridgehead atoms. The smallest absolute Gasteiger partial charge is 0.171 e. The summed E-state index contributed by atoms with van der Waals surface area (Å²) in [6.45, 7) is 0. The minimum absolute atomic E-state index is 0.0435. The number of ketones is 2. The second-order valence-electron chi connectivity index (χ2n) is 28.1. The van der Waals surface area contributed by atoms with Crippen molar-refractivity contribution >= 4 is 66.7 Å². The predicted molar refractivity (Wildman–Crippen MR) is 350 cm³/mol. The molecule has 2 aromatic heterocycles. The average molecular weight is 1130 g/mol. The zero-order valence-electron chi connectivity index (χ0n) is 48.5. The zero-order chi connectivity index (χ0) is 57.1. The molecule has 6 unspecified atom stereocenters. The van der Waals surface area contributed by atoms with Crippen LogP contribution in [0.2, 0.25) is 0 Å². The summed E-state index contributed by atoms with van der Waals surface area (Å²) in [7, 11) is 0. The molecule has 0 saturated heterocycles. The lowest BCUT2D eigenvalue weighted by atomic mass is 9.36. The van der Waals surface area contributed by atoms with Crippen molar-refractivity contribution in [2.75, 3.05) is 4.90 Å². The second-order valence-corrected chi connectivity index (χ2v) is 28.1. The topological polar surface area (TPSA) is 41.8 Å². The van der Waals surface area contributed by atoms with Crippen LogP contribution in [0.15, 0.2) is 218 Å². The number of anilines is 3. The summed E-state index contributed by atoms with van der Waals surface area (Å²) >= 11 is 0. The Morgan fingerprint density at radius 1 is 0.341 bits per heavy atom. The van der Waals surface area contributed by atoms with Gasteiger partial charge in [0, 0.05) is 66.2 Å². The van der Waals surface area contributed by atoms with Gasteiger partial charge in [0.25, 0.3) is 0 Å². The molecule has 88 heavy (non-hydrogen) atoms. The number of hydrogen-bond donors (Lipinski definition) is 0. The Hall–Kier alpha value is -9.64. The van der Waals surface area contributed by atoms with Gasteiger partial charge in [0.15, 0.2) is 11.6 Å². The molecule has 414 valence electrons. The zero-order valence-corrected chi connectivity index (χ0v) is 48.5. The minimum Gasteiger partial charge on any atom is -0.309 e. The standard InChI is InChI=1S/C84H56N2O2/c87-79-55-43-67-57(41-53(55)71-49-23-7-11-27-59(49)83(71)61-29-13-9-25-51(61)73(79)83)69-75-78-76(70-58-42-54-56(44-68(58)86(67)77(69)70)80(88)74-52-26-10-14-30-62(52)84(74)60-28-12-8-24-50(60)72(54)84)82(37-17-18-38-82)64-40-48(46-21-5-2-6-22-46)32-34-66(64)85(78)65-33-31-47(45-19-3-1-4-20-45)39-63(65)81(75)35-15-16-36-81/h1-14,19-34,39-44,71-74H,15-18,35-38H2. The normalized spacial score (nSPS) is 24.5. The first-order chi connectivity index (χ1) is 43.5. The lowest BCUT2D eigenvalue weighted by Gasteiger charge is -2.64. The third-order valence-corrected chi connectivity index (χ3v) is 25.2. The predicted octanol–water partition coefficient (Wildman–Crippen LogP) is 19.4. The molecule has 2 aliphatic heterocycles. The fourth-order valence-corrected chi connectivity index (χ4v) is 22.2. The lowest BCUT2D eigenvalue weighted by Crippen LogP contribution is -2.61. The van der Waals surface area contributed by atoms with Crippen LogP contribution in [0.4, 0.5) is 17.1 Å². The van der Waals surface area contributed by atoms with Crippen molar-refractivity contribution in [1.29, 1.82) is 0 Å². The van der Waals surface area contributed by atoms with E-state index in [0.29, 0.717) is 0 Å². The van der Waals surface area contributed by atoms with Crippen molar-refractivity contribution in [2.24, 2.45) is 0 Å². The Labute approximate surface area is 509 Å². The maximum atomic E-state index is 16.2. The number of hydrogen-bond acceptors (Lipinski definition) is 3. The van der Waals surface area contributed by atoms with Crippen LogP contribution in [0, 0.1) is 0 Å². The fraction of sp³-hybridized carbons (Fsp3) is 0.190. The monoisotopic (exact) mass is 1120 g/mol. The van der Waals surface area contributed by atoms with Crippen LogP contribution in [0.3, 0.4) is 0 Å². The number of aromatic nitrogens is 1. The molecule has 13 aromatic rings. The van der Waals surface area contributed by atoms with Crippen molar-refractivity contribution in [1.82, 2.24) is 4.40 Å². The van der Waals surface area contributed by atoms with Crippen LogP contribution in [0.25, 0.3) is 60.3 Å². The Balaban J connectivity index is 0.917. The maximum absolute atomic E-state index is 16.2. The highest BCUT2D eigenvalue weighted by Gasteiger charge is 2.71. The van der Waals surface area contributed by atoms with Crippen molar-refractivity contribution in [3.8, 4) is 22.3 Å². The van der Waals surface area contributed by atoms with Gasteiger partial charge in [-0.1, -0.05) is 196 Å². The fourth-order valence-electron chi connectivity index (χ4n) is 22.2. The summed E-state index contributed by atoms with van der Waals surface area (Å²) in [5.41, 5.74) is 31.2. The number of carbonyl (C=O) groups excluding carboxylic acids is 2. The molecular formula is C84H56N2O2. The quantitative estimate of drug-likeness (QED) is 0.173. The molecular weight excluding hydrogens is 1070 g/mol. The van der Waals surface area contributed by atoms with E-state index in [2.05, 4.69) is 228 Å². The van der Waals surface area contributed by atoms with Gasteiger partial charge in [0.1, 0.15) is 0 Å². The summed E-state index contributed by atoms with van der Waals surface area (Å²) in [4.78, 5) is 35.1. The number of Topliss-reactive ketones (excluding diaryl/α,β-unsaturated/α-hetero) is 2. The maximum Gasteiger partial charge on any atom is 0.171 e. The second kappa shape index (κ2) is 15.2. The largest absolute Gasteiger partial charge is 0.309 e. The van der Waals surface area contributed by atoms with Gasteiger partial charge in [-0.05, 0) is 174 Å². The van der Waals surface area contributed by atoms with E-state index in [9.17, 15) is 0 Å². The molecule has 2 fully saturated rings. The first-order valence-corrected chi connectivity index (χ1v) is 32.5. The van der Waals surface area contributed by atoms with Crippen LogP contribution >= 0.6 is 0 Å². The summed E-state index contributed by atoms with van der Waals surface area (Å²) in [5.74, 6) is 0.0567. The molecule has 23 rings (SSSR count). The Morgan fingerprint density at radius 2 is 0.716 bits per heavy atom. The van der Waals surface area contributed by atoms with Crippen molar-refractivity contribution in [3.63, 3.8) is 0 Å². The van der Waals surface area contributed by atoms with Crippen molar-refractivity contribution in [2.45, 2.75) is 96.7 Å². The number of rotatable bonds is 2. The van der Waals surface area contributed by atoms with Gasteiger partial charge >= 0.3 is 0 Å². The van der Waals surface area contributed by atoms with E-state index in [1.165, 1.54) is 144 Å². The van der Waals surface area contributed by atoms with Gasteiger partial charge in [-0.3, -0.25) is 9.59 Å². The Bertz CT molecular complexity index is 5170. The first-order valence-electron chi connectivity index (χ1n) is 32.5. The summed E-state index contributed by atoms with van der Waals surface area (Å²) < 4.78 is 2.63. The van der Waals surface area contributed by atoms with Gasteiger partial charge in [-0.25, -0.2) is 0 Å². The van der Waals surface area contributed by atoms with Crippen LogP contribution < -0.4 is 4.90 Å². The molecule has 11 aromatic carbocycles. The van der Waals surface area contributed by atoms with E-state index in [4.69, 9.17) is 0 Å². The van der Waals surface area contributed by atoms with E-state index >= 15 is 9.59 Å². The lowest BCUT2D eigenvalue weighted by molar-refractivity contribution is 0.0839. The van der Waals surface area contributed by atoms with Crippen molar-refractivity contribution in [3.05, 3.63) is 307 Å². The summed E-state index contributed by atoms with van der Waals surface area (Å²) in [5, 5.41) is 5.16. The van der Waals surface area contributed by atoms with Gasteiger partial charge in [0.05, 0.1) is 45.4 Å². The average Bonchev–Trinajstić information content (AvgIpc) is 0.881. The van der Waals surface area contributed by atoms with Crippen LogP contribution in [0.1, 0.15) is 174 Å². The number of carbonyl (C=O) groups is 2. The van der Waals surface area contributed by atoms with E-state index < -0.39 is 10.8 Å². The molecule has 8 aliphatic carbocycles. The van der Waals surface area contributed by atoms with Gasteiger partial charge in [-0.15, -0.1) is 0 Å². The van der Waals surface area contributed by atoms with E-state index in [-0.39, 0.29) is 46.1 Å².